The van der Waals surface area contributed by atoms with Crippen molar-refractivity contribution in [3.05, 3.63) is 24.3 Å². The third kappa shape index (κ3) is 3.94. The molecular weight excluding hydrogens is 240 g/mol. The van der Waals surface area contributed by atoms with Crippen molar-refractivity contribution in [2.45, 2.75) is 37.8 Å². The molecule has 1 aliphatic rings. The largest absolute Gasteiger partial charge is 0.348 e. The number of nitrogens with one attached hydrogen (secondary N) is 1. The van der Waals surface area contributed by atoms with Gasteiger partial charge in [0.25, 0.3) is 5.91 Å². The predicted molar refractivity (Wildman–Crippen MR) is 67.0 cm³/mol. The molecule has 5 nitrogen and oxygen atoms in total. The summed E-state index contributed by atoms with van der Waals surface area (Å²) >= 11 is 0. The van der Waals surface area contributed by atoms with Crippen molar-refractivity contribution in [3.8, 4) is 0 Å². The van der Waals surface area contributed by atoms with Gasteiger partial charge < -0.3 is 11.1 Å². The number of hydrogen-bond acceptors (Lipinski definition) is 4. The van der Waals surface area contributed by atoms with Gasteiger partial charge in [0.2, 0.25) is 0 Å². The van der Waals surface area contributed by atoms with Crippen LogP contribution in [0.1, 0.15) is 36.2 Å². The molecule has 1 saturated carbocycles. The van der Waals surface area contributed by atoms with E-state index in [2.05, 4.69) is 15.3 Å². The molecule has 1 aliphatic carbocycles. The van der Waals surface area contributed by atoms with Crippen LogP contribution in [0.25, 0.3) is 0 Å². The van der Waals surface area contributed by atoms with Crippen LogP contribution >= 0.6 is 12.4 Å². The Morgan fingerprint density at radius 3 is 2.59 bits per heavy atom. The highest BCUT2D eigenvalue weighted by Crippen LogP contribution is 2.17. The maximum absolute atomic E-state index is 11.7. The number of halogens is 1. The molecule has 0 unspecified atom stereocenters. The van der Waals surface area contributed by atoms with Crippen LogP contribution in [0.2, 0.25) is 0 Å². The van der Waals surface area contributed by atoms with Crippen molar-refractivity contribution in [1.82, 2.24) is 15.3 Å². The van der Waals surface area contributed by atoms with E-state index < -0.39 is 0 Å². The molecule has 1 fully saturated rings. The molecule has 3 N–H and O–H groups in total. The third-order valence-electron chi connectivity index (χ3n) is 2.90. The Morgan fingerprint density at radius 2 is 2.00 bits per heavy atom. The van der Waals surface area contributed by atoms with Gasteiger partial charge in [-0.2, -0.15) is 0 Å². The number of aromatic nitrogens is 2. The lowest BCUT2D eigenvalue weighted by atomic mass is 9.92. The molecule has 1 aromatic rings. The fourth-order valence-electron chi connectivity index (χ4n) is 1.94. The normalized spacial score (nSPS) is 23.6. The minimum absolute atomic E-state index is 0. The molecule has 0 atom stereocenters. The zero-order chi connectivity index (χ0) is 11.4. The third-order valence-corrected chi connectivity index (χ3v) is 2.90. The second-order valence-electron chi connectivity index (χ2n) is 4.18. The Hall–Kier alpha value is -1.20. The fraction of sp³-hybridized carbons (Fsp3) is 0.545. The first kappa shape index (κ1) is 13.9. The summed E-state index contributed by atoms with van der Waals surface area (Å²) in [6.45, 7) is 0. The van der Waals surface area contributed by atoms with Gasteiger partial charge in [0.15, 0.2) is 0 Å². The Bertz CT molecular complexity index is 352. The van der Waals surface area contributed by atoms with Gasteiger partial charge in [-0.25, -0.2) is 4.98 Å². The molecule has 0 saturated heterocycles. The summed E-state index contributed by atoms with van der Waals surface area (Å²) in [6, 6.07) is 0.527. The van der Waals surface area contributed by atoms with E-state index in [0.717, 1.165) is 25.7 Å². The molecule has 1 aromatic heterocycles. The van der Waals surface area contributed by atoms with Gasteiger partial charge in [-0.1, -0.05) is 0 Å². The van der Waals surface area contributed by atoms with E-state index in [9.17, 15) is 4.79 Å². The topological polar surface area (TPSA) is 80.9 Å². The standard InChI is InChI=1S/C11H16N4O.ClH/c12-8-1-3-9(4-2-8)15-11(16)10-7-13-5-6-14-10;/h5-9H,1-4,12H2,(H,15,16);1H. The van der Waals surface area contributed by atoms with E-state index >= 15 is 0 Å². The molecule has 0 aliphatic heterocycles. The van der Waals surface area contributed by atoms with Gasteiger partial charge in [0, 0.05) is 24.5 Å². The van der Waals surface area contributed by atoms with Crippen molar-refractivity contribution in [2.75, 3.05) is 0 Å². The van der Waals surface area contributed by atoms with Crippen LogP contribution < -0.4 is 11.1 Å². The first-order valence-corrected chi connectivity index (χ1v) is 5.58. The van der Waals surface area contributed by atoms with E-state index in [1.165, 1.54) is 12.4 Å². The maximum Gasteiger partial charge on any atom is 0.271 e. The SMILES string of the molecule is Cl.NC1CCC(NC(=O)c2cnccn2)CC1. The van der Waals surface area contributed by atoms with Crippen LogP contribution in [0, 0.1) is 0 Å². The van der Waals surface area contributed by atoms with Crippen LogP contribution in [0.4, 0.5) is 0 Å². The summed E-state index contributed by atoms with van der Waals surface area (Å²) in [5, 5.41) is 2.96. The number of nitrogens with two attached hydrogens (primary N) is 1. The molecule has 94 valence electrons. The molecule has 17 heavy (non-hydrogen) atoms. The zero-order valence-corrected chi connectivity index (χ0v) is 10.3. The van der Waals surface area contributed by atoms with Gasteiger partial charge in [-0.05, 0) is 25.7 Å². The summed E-state index contributed by atoms with van der Waals surface area (Å²) in [6.07, 6.45) is 8.41. The van der Waals surface area contributed by atoms with Crippen LogP contribution in [-0.2, 0) is 0 Å². The molecule has 0 bridgehead atoms. The molecular formula is C11H17ClN4O. The molecule has 0 aromatic carbocycles. The zero-order valence-electron chi connectivity index (χ0n) is 9.50. The Labute approximate surface area is 107 Å². The number of hydrogen-bond donors (Lipinski definition) is 2. The van der Waals surface area contributed by atoms with Crippen LogP contribution in [0.5, 0.6) is 0 Å². The van der Waals surface area contributed by atoms with Crippen molar-refractivity contribution >= 4 is 18.3 Å². The summed E-state index contributed by atoms with van der Waals surface area (Å²) in [5.74, 6) is -0.145. The predicted octanol–water partition coefficient (Wildman–Crippen LogP) is 0.898. The average Bonchev–Trinajstić information content (AvgIpc) is 2.33. The van der Waals surface area contributed by atoms with E-state index in [1.807, 2.05) is 0 Å². The molecule has 2 rings (SSSR count). The molecule has 0 spiro atoms. The van der Waals surface area contributed by atoms with E-state index in [1.54, 1.807) is 6.20 Å². The lowest BCUT2D eigenvalue weighted by molar-refractivity contribution is 0.0920. The van der Waals surface area contributed by atoms with Crippen molar-refractivity contribution in [2.24, 2.45) is 5.73 Å². The molecule has 0 radical (unpaired) electrons. The van der Waals surface area contributed by atoms with Crippen molar-refractivity contribution in [1.29, 1.82) is 0 Å². The minimum atomic E-state index is -0.145. The Kier molecular flexibility index (Phi) is 5.31. The summed E-state index contributed by atoms with van der Waals surface area (Å²) in [4.78, 5) is 19.6. The first-order valence-electron chi connectivity index (χ1n) is 5.58. The van der Waals surface area contributed by atoms with Crippen molar-refractivity contribution < 1.29 is 4.79 Å². The Balaban J connectivity index is 0.00000144. The molecule has 1 heterocycles. The van der Waals surface area contributed by atoms with E-state index in [-0.39, 0.29) is 24.4 Å². The summed E-state index contributed by atoms with van der Waals surface area (Å²) in [7, 11) is 0. The summed E-state index contributed by atoms with van der Waals surface area (Å²) in [5.41, 5.74) is 6.18. The van der Waals surface area contributed by atoms with Gasteiger partial charge in [0.05, 0.1) is 6.20 Å². The highest BCUT2D eigenvalue weighted by atomic mass is 35.5. The lowest BCUT2D eigenvalue weighted by Gasteiger charge is -2.26. The number of rotatable bonds is 2. The smallest absolute Gasteiger partial charge is 0.271 e. The van der Waals surface area contributed by atoms with Crippen LogP contribution in [-0.4, -0.2) is 28.0 Å². The monoisotopic (exact) mass is 256 g/mol. The number of carbonyl (C=O) groups excluding carboxylic acids is 1. The average molecular weight is 257 g/mol. The fourth-order valence-corrected chi connectivity index (χ4v) is 1.94. The maximum atomic E-state index is 11.7. The highest BCUT2D eigenvalue weighted by molar-refractivity contribution is 5.92. The van der Waals surface area contributed by atoms with Gasteiger partial charge >= 0.3 is 0 Å². The van der Waals surface area contributed by atoms with E-state index in [0.29, 0.717) is 11.7 Å². The summed E-state index contributed by atoms with van der Waals surface area (Å²) < 4.78 is 0. The second-order valence-corrected chi connectivity index (χ2v) is 4.18. The lowest BCUT2D eigenvalue weighted by Crippen LogP contribution is -2.40. The quantitative estimate of drug-likeness (QED) is 0.824. The van der Waals surface area contributed by atoms with Crippen molar-refractivity contribution in [3.63, 3.8) is 0 Å². The van der Waals surface area contributed by atoms with Gasteiger partial charge in [-0.3, -0.25) is 9.78 Å². The number of carbonyl (C=O) groups is 1. The van der Waals surface area contributed by atoms with E-state index in [4.69, 9.17) is 5.73 Å². The number of nitrogens with zero attached hydrogens (tertiary/aromatic N) is 2. The van der Waals surface area contributed by atoms with Crippen LogP contribution in [0.15, 0.2) is 18.6 Å². The minimum Gasteiger partial charge on any atom is -0.348 e. The molecule has 1 amide bonds. The number of amides is 1. The highest BCUT2D eigenvalue weighted by Gasteiger charge is 2.20. The Morgan fingerprint density at radius 1 is 1.29 bits per heavy atom. The second kappa shape index (κ2) is 6.51. The first-order chi connectivity index (χ1) is 7.75. The van der Waals surface area contributed by atoms with Gasteiger partial charge in [-0.15, -0.1) is 12.4 Å². The molecule has 6 heteroatoms. The van der Waals surface area contributed by atoms with Gasteiger partial charge in [0.1, 0.15) is 5.69 Å². The van der Waals surface area contributed by atoms with Crippen LogP contribution in [0.3, 0.4) is 0 Å².